The third-order valence-electron chi connectivity index (χ3n) is 4.55. The average molecular weight is 380 g/mol. The lowest BCUT2D eigenvalue weighted by Gasteiger charge is -2.16. The fraction of sp³-hybridized carbons (Fsp3) is 0.304. The van der Waals surface area contributed by atoms with Crippen LogP contribution >= 0.6 is 11.8 Å². The van der Waals surface area contributed by atoms with Crippen molar-refractivity contribution in [2.24, 2.45) is 0 Å². The molecule has 27 heavy (non-hydrogen) atoms. The number of thioether (sulfide) groups is 1. The van der Waals surface area contributed by atoms with Crippen LogP contribution in [0.3, 0.4) is 0 Å². The van der Waals surface area contributed by atoms with E-state index in [4.69, 9.17) is 0 Å². The maximum Gasteiger partial charge on any atom is 0.272 e. The number of carbonyl (C=O) groups is 2. The summed E-state index contributed by atoms with van der Waals surface area (Å²) in [5.41, 5.74) is 4.23. The minimum atomic E-state index is -0.246. The molecule has 0 aliphatic carbocycles. The fourth-order valence-electron chi connectivity index (χ4n) is 3.07. The zero-order chi connectivity index (χ0) is 19.7. The highest BCUT2D eigenvalue weighted by Gasteiger charge is 2.40. The Morgan fingerprint density at radius 2 is 1.41 bits per heavy atom. The minimum absolute atomic E-state index is 0.209. The van der Waals surface area contributed by atoms with Gasteiger partial charge in [-0.25, -0.2) is 4.90 Å². The Morgan fingerprint density at radius 1 is 0.815 bits per heavy atom. The van der Waals surface area contributed by atoms with Crippen molar-refractivity contribution in [2.75, 3.05) is 4.90 Å². The molecule has 3 nitrogen and oxygen atoms in total. The monoisotopic (exact) mass is 379 g/mol. The van der Waals surface area contributed by atoms with Gasteiger partial charge in [-0.15, -0.1) is 11.8 Å². The summed E-state index contributed by atoms with van der Waals surface area (Å²) in [6.45, 7) is 10.3. The highest BCUT2D eigenvalue weighted by atomic mass is 32.2. The van der Waals surface area contributed by atoms with Crippen molar-refractivity contribution in [2.45, 2.75) is 45.8 Å². The topological polar surface area (TPSA) is 37.4 Å². The molecular weight excluding hydrogens is 354 g/mol. The third kappa shape index (κ3) is 3.86. The second-order valence-corrected chi connectivity index (χ2v) is 9.02. The minimum Gasteiger partial charge on any atom is -0.268 e. The van der Waals surface area contributed by atoms with Crippen LogP contribution in [0, 0.1) is 6.92 Å². The van der Waals surface area contributed by atoms with E-state index in [1.807, 2.05) is 69.3 Å². The molecule has 0 saturated carbocycles. The molecule has 2 amide bonds. The molecule has 2 aromatic carbocycles. The van der Waals surface area contributed by atoms with Crippen LogP contribution in [0.1, 0.15) is 50.3 Å². The van der Waals surface area contributed by atoms with E-state index in [1.165, 1.54) is 22.2 Å². The quantitative estimate of drug-likeness (QED) is 0.640. The van der Waals surface area contributed by atoms with E-state index < -0.39 is 0 Å². The SMILES string of the molecule is Cc1ccc(C2=C(SC(C)C)C(=O)N(c3ccc(C(C)C)cc3)C2=O)cc1. The fourth-order valence-corrected chi connectivity index (χ4v) is 4.06. The van der Waals surface area contributed by atoms with Crippen molar-refractivity contribution in [1.82, 2.24) is 0 Å². The van der Waals surface area contributed by atoms with Crippen molar-refractivity contribution in [1.29, 1.82) is 0 Å². The molecule has 0 atom stereocenters. The normalized spacial score (nSPS) is 14.9. The van der Waals surface area contributed by atoms with Gasteiger partial charge < -0.3 is 0 Å². The van der Waals surface area contributed by atoms with Gasteiger partial charge in [-0.1, -0.05) is 69.7 Å². The summed E-state index contributed by atoms with van der Waals surface area (Å²) < 4.78 is 0. The molecule has 1 heterocycles. The molecule has 0 aromatic heterocycles. The maximum atomic E-state index is 13.2. The number of hydrogen-bond acceptors (Lipinski definition) is 3. The first-order chi connectivity index (χ1) is 12.8. The van der Waals surface area contributed by atoms with Crippen LogP contribution in [0.5, 0.6) is 0 Å². The third-order valence-corrected chi connectivity index (χ3v) is 5.64. The second kappa shape index (κ2) is 7.73. The Morgan fingerprint density at radius 3 is 1.93 bits per heavy atom. The van der Waals surface area contributed by atoms with Gasteiger partial charge in [-0.2, -0.15) is 0 Å². The lowest BCUT2D eigenvalue weighted by atomic mass is 10.0. The summed E-state index contributed by atoms with van der Waals surface area (Å²) in [6.07, 6.45) is 0. The number of amides is 2. The van der Waals surface area contributed by atoms with Gasteiger partial charge in [0.05, 0.1) is 16.2 Å². The van der Waals surface area contributed by atoms with E-state index in [9.17, 15) is 9.59 Å². The Bertz CT molecular complexity index is 893. The number of rotatable bonds is 5. The summed E-state index contributed by atoms with van der Waals surface area (Å²) in [5.74, 6) is -0.0757. The van der Waals surface area contributed by atoms with Crippen molar-refractivity contribution >= 4 is 34.8 Å². The number of imide groups is 1. The molecule has 0 spiro atoms. The number of anilines is 1. The molecule has 0 N–H and O–H groups in total. The zero-order valence-electron chi connectivity index (χ0n) is 16.4. The standard InChI is InChI=1S/C23H25NO2S/c1-14(2)17-10-12-19(13-11-17)24-22(25)20(18-8-6-16(5)7-9-18)21(23(24)26)27-15(3)4/h6-15H,1-5H3. The van der Waals surface area contributed by atoms with Crippen molar-refractivity contribution in [3.05, 3.63) is 70.1 Å². The maximum absolute atomic E-state index is 13.2. The van der Waals surface area contributed by atoms with E-state index in [2.05, 4.69) is 13.8 Å². The van der Waals surface area contributed by atoms with Gasteiger partial charge in [0, 0.05) is 5.25 Å². The Labute approximate surface area is 165 Å². The molecule has 3 rings (SSSR count). The van der Waals surface area contributed by atoms with Crippen LogP contribution in [0.25, 0.3) is 5.57 Å². The van der Waals surface area contributed by atoms with Crippen LogP contribution in [0.2, 0.25) is 0 Å². The van der Waals surface area contributed by atoms with Crippen LogP contribution in [-0.2, 0) is 9.59 Å². The van der Waals surface area contributed by atoms with Gasteiger partial charge in [-0.05, 0) is 36.1 Å². The van der Waals surface area contributed by atoms with Gasteiger partial charge in [0.2, 0.25) is 0 Å². The van der Waals surface area contributed by atoms with Crippen LogP contribution < -0.4 is 4.90 Å². The lowest BCUT2D eigenvalue weighted by molar-refractivity contribution is -0.119. The summed E-state index contributed by atoms with van der Waals surface area (Å²) in [4.78, 5) is 28.2. The molecule has 0 unspecified atom stereocenters. The summed E-state index contributed by atoms with van der Waals surface area (Å²) in [6, 6.07) is 15.5. The van der Waals surface area contributed by atoms with Crippen molar-refractivity contribution in [3.63, 3.8) is 0 Å². The van der Waals surface area contributed by atoms with Crippen molar-refractivity contribution in [3.8, 4) is 0 Å². The van der Waals surface area contributed by atoms with E-state index >= 15 is 0 Å². The van der Waals surface area contributed by atoms with Gasteiger partial charge in [0.25, 0.3) is 11.8 Å². The molecule has 2 aromatic rings. The second-order valence-electron chi connectivity index (χ2n) is 7.43. The summed E-state index contributed by atoms with van der Waals surface area (Å²) in [7, 11) is 0. The smallest absolute Gasteiger partial charge is 0.268 e. The van der Waals surface area contributed by atoms with Gasteiger partial charge in [-0.3, -0.25) is 9.59 Å². The molecular formula is C23H25NO2S. The van der Waals surface area contributed by atoms with Crippen LogP contribution in [0.15, 0.2) is 53.4 Å². The van der Waals surface area contributed by atoms with Gasteiger partial charge >= 0.3 is 0 Å². The number of benzene rings is 2. The number of carbonyl (C=O) groups excluding carboxylic acids is 2. The van der Waals surface area contributed by atoms with Crippen molar-refractivity contribution < 1.29 is 9.59 Å². The Balaban J connectivity index is 2.04. The highest BCUT2D eigenvalue weighted by Crippen LogP contribution is 2.40. The van der Waals surface area contributed by atoms with E-state index in [0.717, 1.165) is 11.1 Å². The molecule has 140 valence electrons. The summed E-state index contributed by atoms with van der Waals surface area (Å²) >= 11 is 1.46. The molecule has 0 fully saturated rings. The molecule has 1 aliphatic rings. The van der Waals surface area contributed by atoms with Gasteiger partial charge in [0.15, 0.2) is 0 Å². The molecule has 0 radical (unpaired) electrons. The highest BCUT2D eigenvalue weighted by molar-refractivity contribution is 8.04. The molecule has 4 heteroatoms. The average Bonchev–Trinajstić information content (AvgIpc) is 2.86. The molecule has 0 saturated heterocycles. The van der Waals surface area contributed by atoms with Gasteiger partial charge in [0.1, 0.15) is 0 Å². The predicted octanol–water partition coefficient (Wildman–Crippen LogP) is 5.54. The molecule has 0 bridgehead atoms. The predicted molar refractivity (Wildman–Crippen MR) is 114 cm³/mol. The number of aryl methyl sites for hydroxylation is 1. The largest absolute Gasteiger partial charge is 0.272 e. The number of hydrogen-bond donors (Lipinski definition) is 0. The summed E-state index contributed by atoms with van der Waals surface area (Å²) in [5, 5.41) is 0.209. The van der Waals surface area contributed by atoms with Crippen LogP contribution in [0.4, 0.5) is 5.69 Å². The molecule has 1 aliphatic heterocycles. The zero-order valence-corrected chi connectivity index (χ0v) is 17.3. The first-order valence-corrected chi connectivity index (χ1v) is 10.1. The van der Waals surface area contributed by atoms with E-state index in [-0.39, 0.29) is 17.1 Å². The number of nitrogens with zero attached hydrogens (tertiary/aromatic N) is 1. The lowest BCUT2D eigenvalue weighted by Crippen LogP contribution is -2.31. The Kier molecular flexibility index (Phi) is 5.56. The Hall–Kier alpha value is -2.33. The van der Waals surface area contributed by atoms with Crippen LogP contribution in [-0.4, -0.2) is 17.1 Å². The van der Waals surface area contributed by atoms with E-state index in [1.54, 1.807) is 0 Å². The van der Waals surface area contributed by atoms with E-state index in [0.29, 0.717) is 22.1 Å². The first-order valence-electron chi connectivity index (χ1n) is 9.26. The first kappa shape index (κ1) is 19.4.